The summed E-state index contributed by atoms with van der Waals surface area (Å²) in [5.74, 6) is 1.35. The van der Waals surface area contributed by atoms with Gasteiger partial charge < -0.3 is 19.0 Å². The van der Waals surface area contributed by atoms with E-state index in [-0.39, 0.29) is 0 Å². The molecule has 5 heteroatoms. The number of furan rings is 1. The van der Waals surface area contributed by atoms with E-state index in [2.05, 4.69) is 15.9 Å². The molecular weight excluding hydrogens is 312 g/mol. The fourth-order valence-electron chi connectivity index (χ4n) is 2.03. The Bertz CT molecular complexity index is 565. The summed E-state index contributed by atoms with van der Waals surface area (Å²) in [6, 6.07) is 5.38. The second-order valence-corrected chi connectivity index (χ2v) is 5.19. The van der Waals surface area contributed by atoms with Crippen LogP contribution in [0.1, 0.15) is 23.7 Å². The lowest BCUT2D eigenvalue weighted by molar-refractivity contribution is 0.218. The van der Waals surface area contributed by atoms with Gasteiger partial charge in [-0.2, -0.15) is 0 Å². The summed E-state index contributed by atoms with van der Waals surface area (Å²) >= 11 is 3.46. The molecule has 4 nitrogen and oxygen atoms in total. The Labute approximate surface area is 119 Å². The standard InChI is InChI=1S/C14H13BrO4/c15-11-6-10(13(16)9-2-5-17-8-9)7-12-14(11)19-4-1-3-18-12/h2,5-8,13,16H,1,3-4H2. The van der Waals surface area contributed by atoms with Crippen LogP contribution < -0.4 is 9.47 Å². The zero-order valence-electron chi connectivity index (χ0n) is 10.1. The van der Waals surface area contributed by atoms with Crippen LogP contribution in [0.15, 0.2) is 39.6 Å². The summed E-state index contributed by atoms with van der Waals surface area (Å²) in [5.41, 5.74) is 1.44. The number of ether oxygens (including phenoxy) is 2. The predicted molar refractivity (Wildman–Crippen MR) is 72.5 cm³/mol. The third-order valence-electron chi connectivity index (χ3n) is 3.00. The first-order valence-electron chi connectivity index (χ1n) is 6.05. The smallest absolute Gasteiger partial charge is 0.175 e. The zero-order chi connectivity index (χ0) is 13.2. The van der Waals surface area contributed by atoms with Crippen LogP contribution in [0.25, 0.3) is 0 Å². The predicted octanol–water partition coefficient (Wildman–Crippen LogP) is 3.29. The molecule has 2 heterocycles. The van der Waals surface area contributed by atoms with Gasteiger partial charge >= 0.3 is 0 Å². The molecule has 1 aliphatic heterocycles. The Morgan fingerprint density at radius 3 is 2.79 bits per heavy atom. The Balaban J connectivity index is 1.99. The van der Waals surface area contributed by atoms with Crippen molar-refractivity contribution in [1.82, 2.24) is 0 Å². The third kappa shape index (κ3) is 2.48. The van der Waals surface area contributed by atoms with Gasteiger partial charge in [0, 0.05) is 12.0 Å². The van der Waals surface area contributed by atoms with Crippen molar-refractivity contribution >= 4 is 15.9 Å². The Morgan fingerprint density at radius 2 is 2.00 bits per heavy atom. The van der Waals surface area contributed by atoms with Crippen LogP contribution >= 0.6 is 15.9 Å². The summed E-state index contributed by atoms with van der Waals surface area (Å²) in [7, 11) is 0. The van der Waals surface area contributed by atoms with E-state index < -0.39 is 6.10 Å². The third-order valence-corrected chi connectivity index (χ3v) is 3.59. The van der Waals surface area contributed by atoms with E-state index in [0.29, 0.717) is 30.3 Å². The average Bonchev–Trinajstić information content (AvgIpc) is 2.83. The van der Waals surface area contributed by atoms with Crippen molar-refractivity contribution in [3.63, 3.8) is 0 Å². The minimum Gasteiger partial charge on any atom is -0.490 e. The molecule has 0 spiro atoms. The van der Waals surface area contributed by atoms with E-state index in [0.717, 1.165) is 16.5 Å². The van der Waals surface area contributed by atoms with Gasteiger partial charge in [0.05, 0.1) is 30.2 Å². The van der Waals surface area contributed by atoms with Gasteiger partial charge in [0.1, 0.15) is 6.10 Å². The van der Waals surface area contributed by atoms with Crippen molar-refractivity contribution in [2.24, 2.45) is 0 Å². The molecule has 1 N–H and O–H groups in total. The number of rotatable bonds is 2. The number of fused-ring (bicyclic) bond motifs is 1. The molecule has 3 rings (SSSR count). The molecule has 1 atom stereocenters. The molecule has 1 aromatic carbocycles. The van der Waals surface area contributed by atoms with E-state index in [1.807, 2.05) is 12.1 Å². The SMILES string of the molecule is OC(c1ccoc1)c1cc(Br)c2c(c1)OCCCO2. The van der Waals surface area contributed by atoms with Crippen LogP contribution in [-0.2, 0) is 0 Å². The van der Waals surface area contributed by atoms with Gasteiger partial charge in [-0.3, -0.25) is 0 Å². The topological polar surface area (TPSA) is 51.8 Å². The van der Waals surface area contributed by atoms with Crippen LogP contribution in [0.5, 0.6) is 11.5 Å². The van der Waals surface area contributed by atoms with Crippen LogP contribution in [0.4, 0.5) is 0 Å². The minimum atomic E-state index is -0.743. The van der Waals surface area contributed by atoms with Crippen molar-refractivity contribution < 1.29 is 19.0 Å². The largest absolute Gasteiger partial charge is 0.490 e. The molecule has 100 valence electrons. The Kier molecular flexibility index (Phi) is 3.48. The highest BCUT2D eigenvalue weighted by Gasteiger charge is 2.19. The molecular formula is C14H13BrO4. The second kappa shape index (κ2) is 5.27. The first-order chi connectivity index (χ1) is 9.25. The molecule has 2 aromatic rings. The van der Waals surface area contributed by atoms with Crippen molar-refractivity contribution in [2.75, 3.05) is 13.2 Å². The summed E-state index contributed by atoms with van der Waals surface area (Å²) in [6.45, 7) is 1.25. The highest BCUT2D eigenvalue weighted by molar-refractivity contribution is 9.10. The molecule has 1 aromatic heterocycles. The fraction of sp³-hybridized carbons (Fsp3) is 0.286. The van der Waals surface area contributed by atoms with E-state index in [9.17, 15) is 5.11 Å². The number of halogens is 1. The van der Waals surface area contributed by atoms with Crippen molar-refractivity contribution in [3.05, 3.63) is 46.3 Å². The maximum atomic E-state index is 10.3. The summed E-state index contributed by atoms with van der Waals surface area (Å²) in [5, 5.41) is 10.3. The maximum Gasteiger partial charge on any atom is 0.175 e. The molecule has 1 unspecified atom stereocenters. The molecule has 0 saturated heterocycles. The lowest BCUT2D eigenvalue weighted by Crippen LogP contribution is -2.00. The van der Waals surface area contributed by atoms with Crippen LogP contribution in [0, 0.1) is 0 Å². The van der Waals surface area contributed by atoms with Crippen molar-refractivity contribution in [1.29, 1.82) is 0 Å². The fourth-order valence-corrected chi connectivity index (χ4v) is 2.61. The van der Waals surface area contributed by atoms with Crippen LogP contribution in [-0.4, -0.2) is 18.3 Å². The minimum absolute atomic E-state index is 0.616. The molecule has 19 heavy (non-hydrogen) atoms. The number of aliphatic hydroxyl groups excluding tert-OH is 1. The molecule has 0 amide bonds. The van der Waals surface area contributed by atoms with E-state index in [1.54, 1.807) is 6.07 Å². The molecule has 0 bridgehead atoms. The second-order valence-electron chi connectivity index (χ2n) is 4.34. The Morgan fingerprint density at radius 1 is 1.16 bits per heavy atom. The van der Waals surface area contributed by atoms with Gasteiger partial charge in [0.15, 0.2) is 11.5 Å². The Hall–Kier alpha value is -1.46. The quantitative estimate of drug-likeness (QED) is 0.921. The van der Waals surface area contributed by atoms with E-state index in [4.69, 9.17) is 13.9 Å². The highest BCUT2D eigenvalue weighted by atomic mass is 79.9. The molecule has 0 saturated carbocycles. The lowest BCUT2D eigenvalue weighted by atomic mass is 10.0. The van der Waals surface area contributed by atoms with Crippen LogP contribution in [0.2, 0.25) is 0 Å². The van der Waals surface area contributed by atoms with Gasteiger partial charge in [0.25, 0.3) is 0 Å². The lowest BCUT2D eigenvalue weighted by Gasteiger charge is -2.14. The maximum absolute atomic E-state index is 10.3. The first-order valence-corrected chi connectivity index (χ1v) is 6.84. The van der Waals surface area contributed by atoms with Gasteiger partial charge in [0.2, 0.25) is 0 Å². The average molecular weight is 325 g/mol. The molecule has 1 aliphatic rings. The summed E-state index contributed by atoms with van der Waals surface area (Å²) < 4.78 is 17.1. The number of aliphatic hydroxyl groups is 1. The summed E-state index contributed by atoms with van der Waals surface area (Å²) in [4.78, 5) is 0. The summed E-state index contributed by atoms with van der Waals surface area (Å²) in [6.07, 6.45) is 3.17. The first kappa shape index (κ1) is 12.6. The number of benzene rings is 1. The van der Waals surface area contributed by atoms with Gasteiger partial charge in [-0.25, -0.2) is 0 Å². The molecule has 0 radical (unpaired) electrons. The zero-order valence-corrected chi connectivity index (χ0v) is 11.7. The normalized spacial score (nSPS) is 15.9. The van der Waals surface area contributed by atoms with Gasteiger partial charge in [-0.05, 0) is 39.7 Å². The molecule has 0 aliphatic carbocycles. The van der Waals surface area contributed by atoms with Gasteiger partial charge in [-0.1, -0.05) is 0 Å². The monoisotopic (exact) mass is 324 g/mol. The van der Waals surface area contributed by atoms with E-state index in [1.165, 1.54) is 12.5 Å². The van der Waals surface area contributed by atoms with E-state index >= 15 is 0 Å². The number of hydrogen-bond acceptors (Lipinski definition) is 4. The molecule has 0 fully saturated rings. The highest BCUT2D eigenvalue weighted by Crippen LogP contribution is 2.40. The van der Waals surface area contributed by atoms with Crippen molar-refractivity contribution in [3.8, 4) is 11.5 Å². The van der Waals surface area contributed by atoms with Crippen LogP contribution in [0.3, 0.4) is 0 Å². The van der Waals surface area contributed by atoms with Crippen molar-refractivity contribution in [2.45, 2.75) is 12.5 Å². The van der Waals surface area contributed by atoms with Gasteiger partial charge in [-0.15, -0.1) is 0 Å². The number of hydrogen-bond donors (Lipinski definition) is 1.